The second-order valence-electron chi connectivity index (χ2n) is 9.75. The fraction of sp³-hybridized carbons (Fsp3) is 0.357. The van der Waals surface area contributed by atoms with Gasteiger partial charge >= 0.3 is 0 Å². The average molecular weight is 536 g/mol. The number of carbonyl (C=O) groups is 1. The molecule has 1 atom stereocenters. The summed E-state index contributed by atoms with van der Waals surface area (Å²) in [5.41, 5.74) is 3.27. The summed E-state index contributed by atoms with van der Waals surface area (Å²) in [5.74, 6) is 0.775. The van der Waals surface area contributed by atoms with Crippen LogP contribution in [0.15, 0.2) is 46.2 Å². The molecule has 2 aliphatic heterocycles. The van der Waals surface area contributed by atoms with E-state index >= 15 is 0 Å². The number of thioether (sulfide) groups is 1. The first kappa shape index (κ1) is 25.6. The van der Waals surface area contributed by atoms with Crippen molar-refractivity contribution in [1.29, 1.82) is 0 Å². The number of fused-ring (bicyclic) bond motifs is 1. The Balaban J connectivity index is 1.61. The Morgan fingerprint density at radius 3 is 2.81 bits per heavy atom. The standard InChI is InChI=1S/C28H29N3O4S2/c1-16(2)20-10-9-17(3)13-22(20)35-25-21(26(32)30-11-5-7-18(4)24(30)29-25)14-23-27(33)31(28(36)37-23)15-19-8-6-12-34-19/h5,7,9-11,13-14,16,19H,6,8,12,15H2,1-4H3/b23-14+. The van der Waals surface area contributed by atoms with Gasteiger partial charge in [0, 0.05) is 12.8 Å². The molecule has 1 aromatic carbocycles. The van der Waals surface area contributed by atoms with Gasteiger partial charge in [-0.15, -0.1) is 0 Å². The summed E-state index contributed by atoms with van der Waals surface area (Å²) < 4.78 is 14.0. The van der Waals surface area contributed by atoms with E-state index in [1.165, 1.54) is 16.2 Å². The number of ether oxygens (including phenoxy) is 2. The summed E-state index contributed by atoms with van der Waals surface area (Å²) >= 11 is 6.70. The van der Waals surface area contributed by atoms with Gasteiger partial charge in [0.25, 0.3) is 11.5 Å². The third kappa shape index (κ3) is 5.08. The zero-order valence-corrected chi connectivity index (χ0v) is 22.9. The maximum absolute atomic E-state index is 13.7. The zero-order chi connectivity index (χ0) is 26.3. The first-order valence-corrected chi connectivity index (χ1v) is 13.6. The fourth-order valence-corrected chi connectivity index (χ4v) is 5.84. The molecule has 0 spiro atoms. The Labute approximate surface area is 225 Å². The molecular formula is C28H29N3O4S2. The highest BCUT2D eigenvalue weighted by Gasteiger charge is 2.35. The van der Waals surface area contributed by atoms with Gasteiger partial charge in [-0.1, -0.05) is 56.0 Å². The molecule has 0 N–H and O–H groups in total. The van der Waals surface area contributed by atoms with Crippen molar-refractivity contribution in [2.24, 2.45) is 0 Å². The van der Waals surface area contributed by atoms with E-state index in [4.69, 9.17) is 26.7 Å². The van der Waals surface area contributed by atoms with Crippen molar-refractivity contribution in [1.82, 2.24) is 14.3 Å². The highest BCUT2D eigenvalue weighted by molar-refractivity contribution is 8.26. The molecule has 1 unspecified atom stereocenters. The number of nitrogens with zero attached hydrogens (tertiary/aromatic N) is 3. The Kier molecular flexibility index (Phi) is 7.20. The summed E-state index contributed by atoms with van der Waals surface area (Å²) in [6.07, 6.45) is 5.10. The summed E-state index contributed by atoms with van der Waals surface area (Å²) in [5, 5.41) is 0. The minimum atomic E-state index is -0.313. The van der Waals surface area contributed by atoms with Crippen molar-refractivity contribution in [2.75, 3.05) is 13.2 Å². The van der Waals surface area contributed by atoms with E-state index in [9.17, 15) is 9.59 Å². The lowest BCUT2D eigenvalue weighted by Gasteiger charge is -2.18. The predicted molar refractivity (Wildman–Crippen MR) is 150 cm³/mol. The van der Waals surface area contributed by atoms with Gasteiger partial charge in [0.05, 0.1) is 17.6 Å². The normalized spacial score (nSPS) is 19.1. The van der Waals surface area contributed by atoms with Gasteiger partial charge in [-0.2, -0.15) is 4.98 Å². The molecule has 9 heteroatoms. The number of aryl methyl sites for hydroxylation is 2. The van der Waals surface area contributed by atoms with Crippen LogP contribution in [0.5, 0.6) is 11.6 Å². The SMILES string of the molecule is Cc1ccc(C(C)C)c(Oc2nc3c(C)cccn3c(=O)c2/C=C2/SC(=S)N(CC3CCCO3)C2=O)c1. The minimum Gasteiger partial charge on any atom is -0.438 e. The topological polar surface area (TPSA) is 73.1 Å². The van der Waals surface area contributed by atoms with E-state index in [-0.39, 0.29) is 34.9 Å². The first-order valence-electron chi connectivity index (χ1n) is 12.4. The molecule has 2 fully saturated rings. The monoisotopic (exact) mass is 535 g/mol. The molecule has 0 bridgehead atoms. The summed E-state index contributed by atoms with van der Waals surface area (Å²) in [4.78, 5) is 33.7. The van der Waals surface area contributed by atoms with E-state index in [1.54, 1.807) is 23.2 Å². The van der Waals surface area contributed by atoms with Crippen LogP contribution in [-0.4, -0.2) is 43.8 Å². The number of hydrogen-bond acceptors (Lipinski definition) is 7. The third-order valence-corrected chi connectivity index (χ3v) is 7.98. The Morgan fingerprint density at radius 1 is 1.27 bits per heavy atom. The maximum Gasteiger partial charge on any atom is 0.269 e. The van der Waals surface area contributed by atoms with Crippen molar-refractivity contribution >= 4 is 45.9 Å². The van der Waals surface area contributed by atoms with Crippen molar-refractivity contribution < 1.29 is 14.3 Å². The van der Waals surface area contributed by atoms with Gasteiger partial charge in [-0.05, 0) is 67.5 Å². The molecule has 2 saturated heterocycles. The van der Waals surface area contributed by atoms with E-state index < -0.39 is 0 Å². The zero-order valence-electron chi connectivity index (χ0n) is 21.3. The second-order valence-corrected chi connectivity index (χ2v) is 11.4. The summed E-state index contributed by atoms with van der Waals surface area (Å²) in [6.45, 7) is 9.18. The smallest absolute Gasteiger partial charge is 0.269 e. The summed E-state index contributed by atoms with van der Waals surface area (Å²) in [7, 11) is 0. The number of amides is 1. The van der Waals surface area contributed by atoms with Crippen LogP contribution in [0.2, 0.25) is 0 Å². The van der Waals surface area contributed by atoms with Crippen LogP contribution in [0.1, 0.15) is 54.9 Å². The number of aromatic nitrogens is 2. The third-order valence-electron chi connectivity index (χ3n) is 6.61. The number of hydrogen-bond donors (Lipinski definition) is 0. The highest BCUT2D eigenvalue weighted by atomic mass is 32.2. The fourth-order valence-electron chi connectivity index (χ4n) is 4.58. The Bertz CT molecular complexity index is 1490. The van der Waals surface area contributed by atoms with Crippen molar-refractivity contribution in [3.8, 4) is 11.6 Å². The molecule has 2 aliphatic rings. The number of carbonyl (C=O) groups excluding carboxylic acids is 1. The number of rotatable bonds is 6. The molecule has 2 aromatic heterocycles. The van der Waals surface area contributed by atoms with Crippen LogP contribution in [0.3, 0.4) is 0 Å². The Hall–Kier alpha value is -3.01. The molecule has 4 heterocycles. The van der Waals surface area contributed by atoms with Crippen LogP contribution < -0.4 is 10.3 Å². The van der Waals surface area contributed by atoms with Crippen LogP contribution in [0.4, 0.5) is 0 Å². The number of pyridine rings is 1. The van der Waals surface area contributed by atoms with Gasteiger partial charge < -0.3 is 9.47 Å². The molecular weight excluding hydrogens is 506 g/mol. The molecule has 0 saturated carbocycles. The molecule has 0 radical (unpaired) electrons. The van der Waals surface area contributed by atoms with Crippen LogP contribution in [0, 0.1) is 13.8 Å². The quantitative estimate of drug-likeness (QED) is 0.300. The molecule has 0 aliphatic carbocycles. The lowest BCUT2D eigenvalue weighted by molar-refractivity contribution is -0.123. The van der Waals surface area contributed by atoms with Crippen molar-refractivity contribution in [3.05, 3.63) is 74.0 Å². The minimum absolute atomic E-state index is 0.0209. The highest BCUT2D eigenvalue weighted by Crippen LogP contribution is 2.36. The lowest BCUT2D eigenvalue weighted by Crippen LogP contribution is -2.35. The molecule has 5 rings (SSSR count). The van der Waals surface area contributed by atoms with Crippen LogP contribution in [-0.2, 0) is 9.53 Å². The lowest BCUT2D eigenvalue weighted by atomic mass is 10.0. The van der Waals surface area contributed by atoms with E-state index in [2.05, 4.69) is 13.8 Å². The van der Waals surface area contributed by atoms with Gasteiger partial charge in [-0.3, -0.25) is 18.9 Å². The summed E-state index contributed by atoms with van der Waals surface area (Å²) in [6, 6.07) is 9.71. The van der Waals surface area contributed by atoms with Crippen LogP contribution in [0.25, 0.3) is 11.7 Å². The number of thiocarbonyl (C=S) groups is 1. The van der Waals surface area contributed by atoms with E-state index in [0.717, 1.165) is 29.5 Å². The molecule has 1 amide bonds. The van der Waals surface area contributed by atoms with Crippen molar-refractivity contribution in [3.63, 3.8) is 0 Å². The molecule has 37 heavy (non-hydrogen) atoms. The maximum atomic E-state index is 13.7. The average Bonchev–Trinajstić information content (AvgIpc) is 3.46. The number of benzene rings is 1. The van der Waals surface area contributed by atoms with Crippen molar-refractivity contribution in [2.45, 2.75) is 52.6 Å². The van der Waals surface area contributed by atoms with Gasteiger partial charge in [0.1, 0.15) is 21.3 Å². The van der Waals surface area contributed by atoms with Crippen LogP contribution >= 0.6 is 24.0 Å². The van der Waals surface area contributed by atoms with Gasteiger partial charge in [0.2, 0.25) is 5.88 Å². The molecule has 3 aromatic rings. The Morgan fingerprint density at radius 2 is 2.08 bits per heavy atom. The van der Waals surface area contributed by atoms with Gasteiger partial charge in [0.15, 0.2) is 0 Å². The second kappa shape index (κ2) is 10.4. The predicted octanol–water partition coefficient (Wildman–Crippen LogP) is 5.61. The van der Waals surface area contributed by atoms with E-state index in [0.29, 0.717) is 33.8 Å². The molecule has 7 nitrogen and oxygen atoms in total. The molecule has 192 valence electrons. The first-order chi connectivity index (χ1) is 17.7. The largest absolute Gasteiger partial charge is 0.438 e. The van der Waals surface area contributed by atoms with E-state index in [1.807, 2.05) is 38.1 Å². The van der Waals surface area contributed by atoms with Gasteiger partial charge in [-0.25, -0.2) is 0 Å².